The van der Waals surface area contributed by atoms with Gasteiger partial charge in [0.15, 0.2) is 6.10 Å². The molecule has 460 valence electrons. The van der Waals surface area contributed by atoms with Gasteiger partial charge in [0.2, 0.25) is 0 Å². The average molecular weight is 1110 g/mol. The summed E-state index contributed by atoms with van der Waals surface area (Å²) >= 11 is 0. The minimum absolute atomic E-state index is 0.108. The molecule has 0 amide bonds. The summed E-state index contributed by atoms with van der Waals surface area (Å²) in [6.45, 7) is 6.37. The van der Waals surface area contributed by atoms with E-state index >= 15 is 0 Å². The lowest BCUT2D eigenvalue weighted by molar-refractivity contribution is -0.167. The summed E-state index contributed by atoms with van der Waals surface area (Å²) in [5.74, 6) is -0.988. The molecule has 6 nitrogen and oxygen atoms in total. The van der Waals surface area contributed by atoms with E-state index in [-0.39, 0.29) is 37.5 Å². The normalized spacial score (nSPS) is 12.7. The number of ether oxygens (including phenoxy) is 3. The van der Waals surface area contributed by atoms with Crippen LogP contribution in [-0.4, -0.2) is 37.2 Å². The Bertz CT molecular complexity index is 1560. The molecule has 0 rings (SSSR count). The predicted octanol–water partition coefficient (Wildman–Crippen LogP) is 23.6. The Morgan fingerprint density at radius 3 is 0.800 bits per heavy atom. The quantitative estimate of drug-likeness (QED) is 0.0261. The highest BCUT2D eigenvalue weighted by Crippen LogP contribution is 2.18. The molecule has 0 aromatic rings. The van der Waals surface area contributed by atoms with Crippen molar-refractivity contribution in [2.75, 3.05) is 13.2 Å². The van der Waals surface area contributed by atoms with Gasteiger partial charge in [-0.2, -0.15) is 0 Å². The molecule has 0 heterocycles. The first-order valence-electron chi connectivity index (χ1n) is 34.2. The van der Waals surface area contributed by atoms with Gasteiger partial charge in [0.05, 0.1) is 0 Å². The number of carbonyl (C=O) groups is 3. The maximum Gasteiger partial charge on any atom is 0.306 e. The number of esters is 3. The van der Waals surface area contributed by atoms with Crippen molar-refractivity contribution >= 4 is 17.9 Å². The first-order valence-corrected chi connectivity index (χ1v) is 34.2. The highest BCUT2D eigenvalue weighted by Gasteiger charge is 2.19. The van der Waals surface area contributed by atoms with Crippen molar-refractivity contribution in [1.29, 1.82) is 0 Å². The maximum absolute atomic E-state index is 12.9. The van der Waals surface area contributed by atoms with Gasteiger partial charge >= 0.3 is 17.9 Å². The summed E-state index contributed by atoms with van der Waals surface area (Å²) < 4.78 is 16.8. The van der Waals surface area contributed by atoms with E-state index in [0.29, 0.717) is 19.3 Å². The Balaban J connectivity index is 4.20. The average Bonchev–Trinajstić information content (AvgIpc) is 3.46. The fourth-order valence-corrected chi connectivity index (χ4v) is 9.79. The number of rotatable bonds is 62. The van der Waals surface area contributed by atoms with Gasteiger partial charge in [0.1, 0.15) is 13.2 Å². The van der Waals surface area contributed by atoms with E-state index in [2.05, 4.69) is 118 Å². The van der Waals surface area contributed by atoms with Gasteiger partial charge in [0.25, 0.3) is 0 Å². The van der Waals surface area contributed by atoms with Crippen LogP contribution >= 0.6 is 0 Å². The van der Waals surface area contributed by atoms with Crippen molar-refractivity contribution < 1.29 is 28.6 Å². The number of hydrogen-bond acceptors (Lipinski definition) is 6. The standard InChI is InChI=1S/C74H128O6/c1-4-7-10-13-16-19-22-25-27-29-30-31-32-33-34-35-36-37-38-39-40-41-42-43-45-46-49-52-55-58-61-64-67-73(76)79-70-71(69-78-72(75)66-63-60-57-54-51-48-24-21-18-15-12-9-6-3)80-74(77)68-65-62-59-56-53-50-47-44-28-26-23-20-17-14-11-8-5-2/h8-9,11-12,17-18,20-21,26,28,47-48,50-51,56,59,71H,4-7,10,13-16,19,22-25,27,29-46,49,52-55,57-58,60-70H2,1-3H3/b11-8-,12-9-,20-17-,21-18-,28-26-,50-47-,51-48-,59-56-. The summed E-state index contributed by atoms with van der Waals surface area (Å²) in [5.41, 5.74) is 0. The van der Waals surface area contributed by atoms with Crippen molar-refractivity contribution in [3.8, 4) is 0 Å². The number of hydrogen-bond donors (Lipinski definition) is 0. The van der Waals surface area contributed by atoms with Crippen LogP contribution in [0.15, 0.2) is 97.2 Å². The zero-order valence-electron chi connectivity index (χ0n) is 52.8. The SMILES string of the molecule is CC/C=C\C/C=C\C/C=C\C/C=C\C/C=C\CCCC(=O)OC(COC(=O)CCCCC/C=C\C/C=C\C/C=C\CC)COC(=O)CCCCCCCCCCCCCCCCCCCCCCCCCCCCCCCCCC. The summed E-state index contributed by atoms with van der Waals surface area (Å²) in [7, 11) is 0. The highest BCUT2D eigenvalue weighted by molar-refractivity contribution is 5.71. The second-order valence-corrected chi connectivity index (χ2v) is 22.7. The molecule has 0 spiro atoms. The van der Waals surface area contributed by atoms with Crippen LogP contribution in [-0.2, 0) is 28.6 Å². The summed E-state index contributed by atoms with van der Waals surface area (Å²) in [5, 5.41) is 0. The molecule has 1 unspecified atom stereocenters. The Morgan fingerprint density at radius 2 is 0.500 bits per heavy atom. The highest BCUT2D eigenvalue weighted by atomic mass is 16.6. The van der Waals surface area contributed by atoms with Gasteiger partial charge in [0, 0.05) is 19.3 Å². The molecule has 0 N–H and O–H groups in total. The molecule has 0 radical (unpaired) electrons. The van der Waals surface area contributed by atoms with E-state index < -0.39 is 6.10 Å². The van der Waals surface area contributed by atoms with Gasteiger partial charge in [-0.3, -0.25) is 14.4 Å². The van der Waals surface area contributed by atoms with Gasteiger partial charge < -0.3 is 14.2 Å². The summed E-state index contributed by atoms with van der Waals surface area (Å²) in [6, 6.07) is 0. The van der Waals surface area contributed by atoms with Crippen LogP contribution in [0.2, 0.25) is 0 Å². The number of allylic oxidation sites excluding steroid dienone is 16. The summed E-state index contributed by atoms with van der Waals surface area (Å²) in [6.07, 6.45) is 91.8. The Kier molecular flexibility index (Phi) is 64.7. The lowest BCUT2D eigenvalue weighted by atomic mass is 10.0. The van der Waals surface area contributed by atoms with Crippen molar-refractivity contribution in [2.45, 2.75) is 341 Å². The molecule has 0 aliphatic heterocycles. The van der Waals surface area contributed by atoms with Crippen LogP contribution in [0.5, 0.6) is 0 Å². The van der Waals surface area contributed by atoms with E-state index in [1.165, 1.54) is 186 Å². The Labute approximate surface area is 496 Å². The molecule has 1 atom stereocenters. The molecule has 0 aliphatic rings. The lowest BCUT2D eigenvalue weighted by Crippen LogP contribution is -2.30. The largest absolute Gasteiger partial charge is 0.462 e. The van der Waals surface area contributed by atoms with Gasteiger partial charge in [-0.15, -0.1) is 0 Å². The second kappa shape index (κ2) is 67.8. The monoisotopic (exact) mass is 1110 g/mol. The van der Waals surface area contributed by atoms with E-state index in [9.17, 15) is 14.4 Å². The summed E-state index contributed by atoms with van der Waals surface area (Å²) in [4.78, 5) is 38.3. The van der Waals surface area contributed by atoms with Gasteiger partial charge in [-0.1, -0.05) is 323 Å². The van der Waals surface area contributed by atoms with Gasteiger partial charge in [-0.05, 0) is 89.9 Å². The molecule has 0 aliphatic carbocycles. The minimum Gasteiger partial charge on any atom is -0.462 e. The first kappa shape index (κ1) is 76.3. The molecule has 0 saturated carbocycles. The molecule has 0 fully saturated rings. The van der Waals surface area contributed by atoms with Crippen LogP contribution in [0.1, 0.15) is 335 Å². The molecule has 0 bridgehead atoms. The molecular formula is C74H128O6. The van der Waals surface area contributed by atoms with E-state index in [0.717, 1.165) is 103 Å². The second-order valence-electron chi connectivity index (χ2n) is 22.7. The third-order valence-corrected chi connectivity index (χ3v) is 14.8. The first-order chi connectivity index (χ1) is 39.5. The van der Waals surface area contributed by atoms with Crippen LogP contribution in [0, 0.1) is 0 Å². The lowest BCUT2D eigenvalue weighted by Gasteiger charge is -2.18. The van der Waals surface area contributed by atoms with E-state index in [1.54, 1.807) is 0 Å². The smallest absolute Gasteiger partial charge is 0.306 e. The van der Waals surface area contributed by atoms with Crippen LogP contribution in [0.25, 0.3) is 0 Å². The molecular weight excluding hydrogens is 985 g/mol. The molecule has 0 saturated heterocycles. The van der Waals surface area contributed by atoms with E-state index in [1.807, 2.05) is 0 Å². The third-order valence-electron chi connectivity index (χ3n) is 14.8. The molecule has 0 aromatic carbocycles. The van der Waals surface area contributed by atoms with Crippen LogP contribution < -0.4 is 0 Å². The topological polar surface area (TPSA) is 78.9 Å². The maximum atomic E-state index is 12.9. The zero-order valence-corrected chi connectivity index (χ0v) is 52.8. The Morgan fingerprint density at radius 1 is 0.263 bits per heavy atom. The van der Waals surface area contributed by atoms with E-state index in [4.69, 9.17) is 14.2 Å². The fraction of sp³-hybridized carbons (Fsp3) is 0.743. The van der Waals surface area contributed by atoms with Crippen molar-refractivity contribution in [3.05, 3.63) is 97.2 Å². The van der Waals surface area contributed by atoms with Gasteiger partial charge in [-0.25, -0.2) is 0 Å². The van der Waals surface area contributed by atoms with Crippen molar-refractivity contribution in [2.24, 2.45) is 0 Å². The van der Waals surface area contributed by atoms with Crippen LogP contribution in [0.4, 0.5) is 0 Å². The molecule has 80 heavy (non-hydrogen) atoms. The predicted molar refractivity (Wildman–Crippen MR) is 348 cm³/mol. The minimum atomic E-state index is -0.820. The fourth-order valence-electron chi connectivity index (χ4n) is 9.79. The third kappa shape index (κ3) is 65.1. The Hall–Kier alpha value is -3.67. The number of carbonyl (C=O) groups excluding carboxylic acids is 3. The van der Waals surface area contributed by atoms with Crippen LogP contribution in [0.3, 0.4) is 0 Å². The van der Waals surface area contributed by atoms with Crippen molar-refractivity contribution in [1.82, 2.24) is 0 Å². The number of unbranched alkanes of at least 4 members (excludes halogenated alkanes) is 35. The zero-order chi connectivity index (χ0) is 57.8. The molecule has 6 heteroatoms. The molecule has 0 aromatic heterocycles. The van der Waals surface area contributed by atoms with Crippen molar-refractivity contribution in [3.63, 3.8) is 0 Å².